The van der Waals surface area contributed by atoms with E-state index in [1.165, 1.54) is 38.8 Å². The quantitative estimate of drug-likeness (QED) is 0.301. The second-order valence-electron chi connectivity index (χ2n) is 9.24. The molecule has 0 aliphatic rings. The van der Waals surface area contributed by atoms with Gasteiger partial charge in [0, 0.05) is 38.9 Å². The van der Waals surface area contributed by atoms with Crippen LogP contribution in [0.5, 0.6) is 0 Å². The zero-order chi connectivity index (χ0) is 22.2. The van der Waals surface area contributed by atoms with E-state index in [9.17, 15) is 0 Å². The molecule has 32 heavy (non-hydrogen) atoms. The minimum atomic E-state index is 0.473. The molecule has 160 valence electrons. The monoisotopic (exact) mass is 418 g/mol. The van der Waals surface area contributed by atoms with E-state index < -0.39 is 0 Å². The summed E-state index contributed by atoms with van der Waals surface area (Å²) >= 11 is 0. The number of benzene rings is 4. The average Bonchev–Trinajstić information content (AvgIpc) is 3.17. The first-order valence-corrected chi connectivity index (χ1v) is 11.5. The van der Waals surface area contributed by atoms with Gasteiger partial charge in [0.05, 0.1) is 0 Å². The number of nitrogens with one attached hydrogen (secondary N) is 1. The Morgan fingerprint density at radius 3 is 1.84 bits per heavy atom. The number of nitrogens with zero attached hydrogens (tertiary/aromatic N) is 1. The maximum atomic E-state index is 3.61. The van der Waals surface area contributed by atoms with Crippen molar-refractivity contribution in [3.05, 3.63) is 102 Å². The number of aromatic amines is 1. The fraction of sp³-hybridized carbons (Fsp3) is 0.200. The van der Waals surface area contributed by atoms with E-state index in [1.54, 1.807) is 0 Å². The summed E-state index contributed by atoms with van der Waals surface area (Å²) in [5.41, 5.74) is 8.62. The van der Waals surface area contributed by atoms with E-state index in [2.05, 4.69) is 129 Å². The molecule has 5 rings (SSSR count). The van der Waals surface area contributed by atoms with Gasteiger partial charge in [-0.15, -0.1) is 0 Å². The van der Waals surface area contributed by atoms with E-state index in [0.717, 1.165) is 11.2 Å². The van der Waals surface area contributed by atoms with E-state index in [4.69, 9.17) is 0 Å². The first kappa shape index (κ1) is 20.4. The molecule has 1 heterocycles. The van der Waals surface area contributed by atoms with Gasteiger partial charge >= 0.3 is 0 Å². The molecule has 0 aliphatic carbocycles. The predicted octanol–water partition coefficient (Wildman–Crippen LogP) is 9.04. The molecule has 1 aromatic heterocycles. The molecule has 5 aromatic rings. The van der Waals surface area contributed by atoms with Gasteiger partial charge in [0.1, 0.15) is 0 Å². The van der Waals surface area contributed by atoms with Crippen molar-refractivity contribution >= 4 is 38.9 Å². The van der Waals surface area contributed by atoms with Gasteiger partial charge in [-0.05, 0) is 65.4 Å². The maximum Gasteiger partial charge on any atom is 0.0485 e. The standard InChI is InChI=1S/C30H30N2/c1-20(2)22-16-23(21(3)4)18-26(17-22)32(24-10-6-5-7-11-24)25-14-15-28-27-12-8-9-13-29(27)31-30(28)19-25/h5-21,31H,1-4H3. The van der Waals surface area contributed by atoms with Crippen LogP contribution in [-0.2, 0) is 0 Å². The summed E-state index contributed by atoms with van der Waals surface area (Å²) in [6.07, 6.45) is 0. The number of anilines is 3. The summed E-state index contributed by atoms with van der Waals surface area (Å²) in [5.74, 6) is 0.947. The Kier molecular flexibility index (Phi) is 5.22. The van der Waals surface area contributed by atoms with Crippen molar-refractivity contribution < 1.29 is 0 Å². The predicted molar refractivity (Wildman–Crippen MR) is 139 cm³/mol. The number of hydrogen-bond acceptors (Lipinski definition) is 1. The molecule has 4 aromatic carbocycles. The number of aromatic nitrogens is 1. The molecule has 0 bridgehead atoms. The number of rotatable bonds is 5. The Morgan fingerprint density at radius 2 is 1.16 bits per heavy atom. The van der Waals surface area contributed by atoms with Crippen LogP contribution < -0.4 is 4.90 Å². The summed E-state index contributed by atoms with van der Waals surface area (Å²) < 4.78 is 0. The minimum Gasteiger partial charge on any atom is -0.354 e. The molecule has 0 fully saturated rings. The van der Waals surface area contributed by atoms with Crippen molar-refractivity contribution in [1.82, 2.24) is 4.98 Å². The van der Waals surface area contributed by atoms with Crippen molar-refractivity contribution in [3.63, 3.8) is 0 Å². The average molecular weight is 419 g/mol. The maximum absolute atomic E-state index is 3.61. The van der Waals surface area contributed by atoms with Gasteiger partial charge in [0.25, 0.3) is 0 Å². The first-order chi connectivity index (χ1) is 15.5. The van der Waals surface area contributed by atoms with Gasteiger partial charge in [0.15, 0.2) is 0 Å². The molecule has 0 saturated carbocycles. The fourth-order valence-electron chi connectivity index (χ4n) is 4.46. The second kappa shape index (κ2) is 8.20. The van der Waals surface area contributed by atoms with Crippen LogP contribution in [0.2, 0.25) is 0 Å². The lowest BCUT2D eigenvalue weighted by molar-refractivity contribution is 0.833. The lowest BCUT2D eigenvalue weighted by atomic mass is 9.94. The molecule has 2 heteroatoms. The molecule has 0 spiro atoms. The van der Waals surface area contributed by atoms with Gasteiger partial charge in [-0.1, -0.05) is 76.2 Å². The number of fused-ring (bicyclic) bond motifs is 3. The topological polar surface area (TPSA) is 19.0 Å². The Morgan fingerprint density at radius 1 is 0.531 bits per heavy atom. The van der Waals surface area contributed by atoms with Crippen LogP contribution in [0, 0.1) is 0 Å². The highest BCUT2D eigenvalue weighted by atomic mass is 15.1. The third-order valence-corrected chi connectivity index (χ3v) is 6.32. The van der Waals surface area contributed by atoms with Crippen LogP contribution in [-0.4, -0.2) is 4.98 Å². The number of H-pyrrole nitrogens is 1. The highest BCUT2D eigenvalue weighted by Crippen LogP contribution is 2.39. The van der Waals surface area contributed by atoms with Crippen LogP contribution in [0.3, 0.4) is 0 Å². The van der Waals surface area contributed by atoms with Crippen LogP contribution in [0.4, 0.5) is 17.1 Å². The molecule has 0 atom stereocenters. The van der Waals surface area contributed by atoms with Crippen LogP contribution in [0.25, 0.3) is 21.8 Å². The van der Waals surface area contributed by atoms with Gasteiger partial charge in [-0.3, -0.25) is 0 Å². The van der Waals surface area contributed by atoms with E-state index >= 15 is 0 Å². The summed E-state index contributed by atoms with van der Waals surface area (Å²) in [4.78, 5) is 5.99. The summed E-state index contributed by atoms with van der Waals surface area (Å²) in [6, 6.07) is 33.0. The molecule has 0 aliphatic heterocycles. The summed E-state index contributed by atoms with van der Waals surface area (Å²) in [5, 5.41) is 2.53. The molecular weight excluding hydrogens is 388 g/mol. The molecule has 1 N–H and O–H groups in total. The Labute approximate surface area is 190 Å². The second-order valence-corrected chi connectivity index (χ2v) is 9.24. The number of hydrogen-bond donors (Lipinski definition) is 1. The van der Waals surface area contributed by atoms with Gasteiger partial charge in [-0.2, -0.15) is 0 Å². The summed E-state index contributed by atoms with van der Waals surface area (Å²) in [6.45, 7) is 9.08. The molecule has 2 nitrogen and oxygen atoms in total. The highest BCUT2D eigenvalue weighted by molar-refractivity contribution is 6.08. The van der Waals surface area contributed by atoms with Crippen LogP contribution in [0.15, 0.2) is 91.0 Å². The molecule has 0 radical (unpaired) electrons. The normalized spacial score (nSPS) is 11.7. The third-order valence-electron chi connectivity index (χ3n) is 6.32. The van der Waals surface area contributed by atoms with Gasteiger partial charge in [0.2, 0.25) is 0 Å². The molecule has 0 unspecified atom stereocenters. The zero-order valence-corrected chi connectivity index (χ0v) is 19.3. The minimum absolute atomic E-state index is 0.473. The van der Waals surface area contributed by atoms with Gasteiger partial charge in [-0.25, -0.2) is 0 Å². The lowest BCUT2D eigenvalue weighted by Gasteiger charge is -2.27. The number of para-hydroxylation sites is 2. The Bertz CT molecular complexity index is 1350. The smallest absolute Gasteiger partial charge is 0.0485 e. The Hall–Kier alpha value is -3.52. The third kappa shape index (κ3) is 3.67. The SMILES string of the molecule is CC(C)c1cc(C(C)C)cc(N(c2ccccc2)c2ccc3c(c2)[nH]c2ccccc23)c1. The van der Waals surface area contributed by atoms with E-state index in [0.29, 0.717) is 11.8 Å². The van der Waals surface area contributed by atoms with Crippen molar-refractivity contribution in [1.29, 1.82) is 0 Å². The fourth-order valence-corrected chi connectivity index (χ4v) is 4.46. The largest absolute Gasteiger partial charge is 0.354 e. The van der Waals surface area contributed by atoms with Crippen LogP contribution in [0.1, 0.15) is 50.7 Å². The molecule has 0 saturated heterocycles. The molecular formula is C30H30N2. The van der Waals surface area contributed by atoms with Crippen molar-refractivity contribution in [3.8, 4) is 0 Å². The summed E-state index contributed by atoms with van der Waals surface area (Å²) in [7, 11) is 0. The van der Waals surface area contributed by atoms with E-state index in [-0.39, 0.29) is 0 Å². The van der Waals surface area contributed by atoms with Crippen molar-refractivity contribution in [2.45, 2.75) is 39.5 Å². The van der Waals surface area contributed by atoms with Crippen molar-refractivity contribution in [2.75, 3.05) is 4.90 Å². The van der Waals surface area contributed by atoms with Crippen molar-refractivity contribution in [2.24, 2.45) is 0 Å². The first-order valence-electron chi connectivity index (χ1n) is 11.5. The highest BCUT2D eigenvalue weighted by Gasteiger charge is 2.17. The van der Waals surface area contributed by atoms with Crippen LogP contribution >= 0.6 is 0 Å². The molecule has 0 amide bonds. The Balaban J connectivity index is 1.73. The van der Waals surface area contributed by atoms with Gasteiger partial charge < -0.3 is 9.88 Å². The zero-order valence-electron chi connectivity index (χ0n) is 19.3. The lowest BCUT2D eigenvalue weighted by Crippen LogP contribution is -2.11. The van der Waals surface area contributed by atoms with E-state index in [1.807, 2.05) is 0 Å².